The number of thiophene rings is 1. The predicted molar refractivity (Wildman–Crippen MR) is 196 cm³/mol. The molecule has 1 N–H and O–H groups in total. The van der Waals surface area contributed by atoms with Crippen LogP contribution < -0.4 is 9.46 Å². The van der Waals surface area contributed by atoms with Gasteiger partial charge in [-0.2, -0.15) is 17.4 Å². The zero-order valence-electron chi connectivity index (χ0n) is 24.9. The zero-order valence-corrected chi connectivity index (χ0v) is 26.5. The molecule has 2 heterocycles. The molecule has 0 bridgehead atoms. The minimum atomic E-state index is -3.21. The average molecular weight is 673 g/mol. The van der Waals surface area contributed by atoms with Crippen LogP contribution in [0, 0.1) is 5.92 Å². The Morgan fingerprint density at radius 3 is 1.82 bits per heavy atom. The van der Waals surface area contributed by atoms with Crippen molar-refractivity contribution in [2.75, 3.05) is 14.1 Å². The molecule has 1 aliphatic carbocycles. The smallest absolute Gasteiger partial charge is 0.308 e. The fourth-order valence-electron chi connectivity index (χ4n) is 3.57. The molecule has 3 aromatic rings. The Hall–Kier alpha value is -2.60. The predicted octanol–water partition coefficient (Wildman–Crippen LogP) is 9.25. The Morgan fingerprint density at radius 1 is 0.889 bits per heavy atom. The molecule has 2 aromatic heterocycles. The molecule has 0 spiro atoms. The van der Waals surface area contributed by atoms with Crippen LogP contribution in [0.1, 0.15) is 104 Å². The van der Waals surface area contributed by atoms with Crippen molar-refractivity contribution in [3.63, 3.8) is 0 Å². The highest BCUT2D eigenvalue weighted by Gasteiger charge is 2.20. The van der Waals surface area contributed by atoms with Crippen molar-refractivity contribution in [1.29, 1.82) is 0 Å². The third-order valence-corrected chi connectivity index (χ3v) is 8.17. The number of nitrogens with zero attached hydrogens (tertiary/aromatic N) is 3. The average Bonchev–Trinajstić information content (AvgIpc) is 3.58. The largest absolute Gasteiger partial charge is 0.473 e. The molecule has 0 radical (unpaired) electrons. The second-order valence-electron chi connectivity index (χ2n) is 10.6. The molecular formula is C34H64N4O5S2. The summed E-state index contributed by atoms with van der Waals surface area (Å²) in [5.74, 6) is 0.587. The van der Waals surface area contributed by atoms with Crippen molar-refractivity contribution in [2.45, 2.75) is 123 Å². The first kappa shape index (κ1) is 49.3. The van der Waals surface area contributed by atoms with Crippen LogP contribution in [0.25, 0.3) is 21.6 Å². The summed E-state index contributed by atoms with van der Waals surface area (Å²) >= 11 is 1.64. The Labute approximate surface area is 280 Å². The molecule has 9 nitrogen and oxygen atoms in total. The highest BCUT2D eigenvalue weighted by Crippen LogP contribution is 2.32. The van der Waals surface area contributed by atoms with Crippen molar-refractivity contribution in [3.8, 4) is 16.5 Å². The second kappa shape index (κ2) is 23.7. The number of hydrogen-bond acceptors (Lipinski definition) is 8. The van der Waals surface area contributed by atoms with Crippen LogP contribution in [-0.4, -0.2) is 61.0 Å². The summed E-state index contributed by atoms with van der Waals surface area (Å²) in [7, 11) is -0.233. The molecule has 1 saturated carbocycles. The van der Waals surface area contributed by atoms with Gasteiger partial charge in [-0.15, -0.1) is 11.3 Å². The Balaban J connectivity index is -0.000000285. The van der Waals surface area contributed by atoms with Gasteiger partial charge in [-0.05, 0) is 77.0 Å². The fraction of sp³-hybridized carbons (Fsp3) is 0.618. The molecule has 11 heteroatoms. The first-order chi connectivity index (χ1) is 18.8. The van der Waals surface area contributed by atoms with E-state index in [-0.39, 0.29) is 67.3 Å². The summed E-state index contributed by atoms with van der Waals surface area (Å²) in [5, 5.41) is 2.03. The lowest BCUT2D eigenvalue weighted by atomic mass is 10.2. The maximum atomic E-state index is 11.1. The number of carbonyl (C=O) groups excluding carboxylic acids is 1. The van der Waals surface area contributed by atoms with E-state index >= 15 is 0 Å². The molecule has 0 aliphatic heterocycles. The van der Waals surface area contributed by atoms with Gasteiger partial charge >= 0.3 is 5.97 Å². The molecule has 1 aliphatic rings. The summed E-state index contributed by atoms with van der Waals surface area (Å²) in [6, 6.07) is 11.9. The zero-order chi connectivity index (χ0) is 29.9. The van der Waals surface area contributed by atoms with Gasteiger partial charge in [-0.1, -0.05) is 69.2 Å². The molecule has 0 saturated heterocycles. The van der Waals surface area contributed by atoms with Crippen LogP contribution in [0.4, 0.5) is 0 Å². The molecule has 0 atom stereocenters. The highest BCUT2D eigenvalue weighted by molar-refractivity contribution is 7.87. The number of ether oxygens (including phenoxy) is 2. The quantitative estimate of drug-likeness (QED) is 0.238. The summed E-state index contributed by atoms with van der Waals surface area (Å²) in [6.45, 7) is 11.3. The van der Waals surface area contributed by atoms with Crippen molar-refractivity contribution in [2.24, 2.45) is 5.92 Å². The first-order valence-electron chi connectivity index (χ1n) is 13.7. The highest BCUT2D eigenvalue weighted by atomic mass is 32.2. The van der Waals surface area contributed by atoms with Crippen LogP contribution in [-0.2, 0) is 19.7 Å². The third-order valence-electron chi connectivity index (χ3n) is 5.56. The lowest BCUT2D eigenvalue weighted by Gasteiger charge is -2.14. The van der Waals surface area contributed by atoms with E-state index in [2.05, 4.69) is 9.71 Å². The van der Waals surface area contributed by atoms with Crippen LogP contribution in [0.2, 0.25) is 0 Å². The van der Waals surface area contributed by atoms with E-state index < -0.39 is 10.2 Å². The van der Waals surface area contributed by atoms with Gasteiger partial charge in [0.15, 0.2) is 0 Å². The second-order valence-corrected chi connectivity index (χ2v) is 13.4. The number of fused-ring (bicyclic) bond motifs is 1. The van der Waals surface area contributed by atoms with Crippen molar-refractivity contribution < 1.29 is 22.7 Å². The standard InChI is InChI=1S/C15H14N2OS.C9H16O2.C5H14N2O2S.5CH4/c1-10(2)18-15-14(13-8-5-9-19-13)16-11-6-3-4-7-12(11)17-15;1-7(2)9(10)11-8-5-3-4-6-8;1-5(2)6-10(8,9)7(3)4;;;;;/h3-10H,1-2H3;7-8H,3-6H2,1-2H3;5-6H,1-4H3;5*1H4. The molecule has 0 amide bonds. The maximum absolute atomic E-state index is 11.1. The SMILES string of the molecule is C.C.C.C.C.CC(C)C(=O)OC1CCCC1.CC(C)NS(=O)(=O)N(C)C.CC(C)Oc1nc2ccccc2nc1-c1cccs1. The topological polar surface area (TPSA) is 111 Å². The van der Waals surface area contributed by atoms with Gasteiger partial charge in [0, 0.05) is 20.1 Å². The van der Waals surface area contributed by atoms with E-state index in [1.165, 1.54) is 26.9 Å². The van der Waals surface area contributed by atoms with Gasteiger partial charge in [0.25, 0.3) is 10.2 Å². The number of esters is 1. The van der Waals surface area contributed by atoms with Gasteiger partial charge in [0.2, 0.25) is 5.88 Å². The molecule has 4 rings (SSSR count). The monoisotopic (exact) mass is 672 g/mol. The molecule has 45 heavy (non-hydrogen) atoms. The van der Waals surface area contributed by atoms with E-state index in [0.29, 0.717) is 5.88 Å². The summed E-state index contributed by atoms with van der Waals surface area (Å²) in [6.07, 6.45) is 4.88. The Morgan fingerprint density at radius 2 is 1.42 bits per heavy atom. The van der Waals surface area contributed by atoms with Gasteiger partial charge in [-0.25, -0.2) is 9.97 Å². The summed E-state index contributed by atoms with van der Waals surface area (Å²) in [5.41, 5.74) is 2.57. The number of rotatable bonds is 8. The number of aromatic nitrogens is 2. The van der Waals surface area contributed by atoms with E-state index in [9.17, 15) is 13.2 Å². The van der Waals surface area contributed by atoms with E-state index in [4.69, 9.17) is 14.5 Å². The number of nitrogens with one attached hydrogen (secondary N) is 1. The normalized spacial score (nSPS) is 12.3. The molecule has 262 valence electrons. The van der Waals surface area contributed by atoms with E-state index in [0.717, 1.165) is 38.8 Å². The lowest BCUT2D eigenvalue weighted by molar-refractivity contribution is -0.152. The number of carbonyl (C=O) groups is 1. The lowest BCUT2D eigenvalue weighted by Crippen LogP contribution is -2.39. The van der Waals surface area contributed by atoms with E-state index in [1.807, 2.05) is 69.5 Å². The van der Waals surface area contributed by atoms with Crippen molar-refractivity contribution in [1.82, 2.24) is 19.0 Å². The fourth-order valence-corrected chi connectivity index (χ4v) is 5.08. The van der Waals surface area contributed by atoms with E-state index in [1.54, 1.807) is 25.2 Å². The van der Waals surface area contributed by atoms with Crippen LogP contribution in [0.15, 0.2) is 41.8 Å². The first-order valence-corrected chi connectivity index (χ1v) is 16.0. The van der Waals surface area contributed by atoms with Crippen molar-refractivity contribution >= 4 is 38.5 Å². The molecular weight excluding hydrogens is 609 g/mol. The molecule has 0 unspecified atom stereocenters. The minimum absolute atomic E-state index is 0. The number of benzene rings is 1. The van der Waals surface area contributed by atoms with Crippen LogP contribution >= 0.6 is 11.3 Å². The number of hydrogen-bond donors (Lipinski definition) is 1. The van der Waals surface area contributed by atoms with Gasteiger partial charge in [-0.3, -0.25) is 4.79 Å². The minimum Gasteiger partial charge on any atom is -0.473 e. The maximum Gasteiger partial charge on any atom is 0.308 e. The summed E-state index contributed by atoms with van der Waals surface area (Å²) in [4.78, 5) is 21.4. The third kappa shape index (κ3) is 17.0. The van der Waals surface area contributed by atoms with Crippen molar-refractivity contribution in [3.05, 3.63) is 41.8 Å². The Bertz CT molecular complexity index is 1290. The van der Waals surface area contributed by atoms with Crippen LogP contribution in [0.5, 0.6) is 5.88 Å². The van der Waals surface area contributed by atoms with Gasteiger partial charge in [0.1, 0.15) is 11.8 Å². The number of para-hydroxylation sites is 2. The van der Waals surface area contributed by atoms with Gasteiger partial charge in [0.05, 0.1) is 27.9 Å². The molecule has 1 aromatic carbocycles. The molecule has 1 fully saturated rings. The summed E-state index contributed by atoms with van der Waals surface area (Å²) < 4.78 is 36.5. The Kier molecular flexibility index (Phi) is 26.0. The van der Waals surface area contributed by atoms with Gasteiger partial charge < -0.3 is 9.47 Å². The van der Waals surface area contributed by atoms with Crippen LogP contribution in [0.3, 0.4) is 0 Å².